The number of likely N-dealkylation sites (tertiary alicyclic amines) is 1. The molecule has 40 heavy (non-hydrogen) atoms. The summed E-state index contributed by atoms with van der Waals surface area (Å²) in [5.41, 5.74) is 1.25. The third-order valence-electron chi connectivity index (χ3n) is 7.43. The molecule has 1 aromatic carbocycles. The fraction of sp³-hybridized carbons (Fsp3) is 0.600. The number of aromatic nitrogens is 5. The number of hydrogen-bond acceptors (Lipinski definition) is 7. The molecular formula is C30H42N6O4. The summed E-state index contributed by atoms with van der Waals surface area (Å²) in [4.78, 5) is 24.0. The van der Waals surface area contributed by atoms with Crippen LogP contribution < -0.4 is 9.47 Å². The number of fused-ring (bicyclic) bond motifs is 3. The molecule has 10 heteroatoms. The van der Waals surface area contributed by atoms with Gasteiger partial charge in [-0.25, -0.2) is 19.4 Å². The maximum atomic E-state index is 12.6. The highest BCUT2D eigenvalue weighted by atomic mass is 16.6. The predicted molar refractivity (Wildman–Crippen MR) is 153 cm³/mol. The van der Waals surface area contributed by atoms with Gasteiger partial charge in [0.05, 0.1) is 18.2 Å². The number of benzene rings is 1. The second kappa shape index (κ2) is 11.1. The van der Waals surface area contributed by atoms with Crippen molar-refractivity contribution >= 4 is 6.09 Å². The van der Waals surface area contributed by atoms with E-state index in [0.29, 0.717) is 32.2 Å². The van der Waals surface area contributed by atoms with Crippen LogP contribution in [0.4, 0.5) is 4.79 Å². The van der Waals surface area contributed by atoms with Gasteiger partial charge in [-0.2, -0.15) is 5.10 Å². The van der Waals surface area contributed by atoms with Crippen molar-refractivity contribution in [3.05, 3.63) is 30.2 Å². The van der Waals surface area contributed by atoms with Crippen LogP contribution in [0.2, 0.25) is 0 Å². The van der Waals surface area contributed by atoms with Crippen molar-refractivity contribution in [2.24, 2.45) is 5.92 Å². The third-order valence-corrected chi connectivity index (χ3v) is 7.43. The van der Waals surface area contributed by atoms with Crippen LogP contribution in [0.25, 0.3) is 22.9 Å². The number of aryl methyl sites for hydroxylation is 1. The fourth-order valence-corrected chi connectivity index (χ4v) is 5.42. The van der Waals surface area contributed by atoms with E-state index < -0.39 is 5.60 Å². The van der Waals surface area contributed by atoms with Crippen LogP contribution in [0, 0.1) is 12.8 Å². The minimum Gasteiger partial charge on any atom is -0.491 e. The Morgan fingerprint density at radius 3 is 2.62 bits per heavy atom. The van der Waals surface area contributed by atoms with Crippen molar-refractivity contribution in [1.82, 2.24) is 29.2 Å². The van der Waals surface area contributed by atoms with E-state index in [4.69, 9.17) is 19.2 Å². The second-order valence-corrected chi connectivity index (χ2v) is 12.2. The molecule has 2 aromatic heterocycles. The number of carbonyl (C=O) groups is 1. The molecule has 0 radical (unpaired) electrons. The molecule has 0 aliphatic carbocycles. The van der Waals surface area contributed by atoms with Crippen LogP contribution in [0.1, 0.15) is 72.7 Å². The van der Waals surface area contributed by atoms with E-state index in [1.54, 1.807) is 0 Å². The molecule has 0 spiro atoms. The van der Waals surface area contributed by atoms with E-state index in [2.05, 4.69) is 35.4 Å². The molecule has 10 nitrogen and oxygen atoms in total. The van der Waals surface area contributed by atoms with Gasteiger partial charge in [-0.15, -0.1) is 0 Å². The molecule has 2 unspecified atom stereocenters. The molecule has 4 heterocycles. The smallest absolute Gasteiger partial charge is 0.410 e. The van der Waals surface area contributed by atoms with Crippen molar-refractivity contribution in [3.63, 3.8) is 0 Å². The minimum atomic E-state index is -0.488. The van der Waals surface area contributed by atoms with Crippen LogP contribution in [0.5, 0.6) is 11.5 Å². The van der Waals surface area contributed by atoms with Gasteiger partial charge in [-0.05, 0) is 85.8 Å². The standard InChI is InChI=1S/C30H42N6O4/c1-19(2)36-28(31-21(4)33-36)25-18-35-15-16-38-26-17-23(10-11-24(26)27(35)32-25)39-20(3)22-9-8-13-34(14-12-22)29(37)40-30(5,6)7/h10-11,17-20,22H,8-9,12-16H2,1-7H3. The van der Waals surface area contributed by atoms with Crippen molar-refractivity contribution in [1.29, 1.82) is 0 Å². The molecule has 1 fully saturated rings. The summed E-state index contributed by atoms with van der Waals surface area (Å²) in [7, 11) is 0. The topological polar surface area (TPSA) is 96.5 Å². The molecule has 1 amide bonds. The first-order valence-corrected chi connectivity index (χ1v) is 14.4. The number of ether oxygens (including phenoxy) is 3. The molecular weight excluding hydrogens is 508 g/mol. The number of rotatable bonds is 5. The van der Waals surface area contributed by atoms with E-state index in [1.165, 1.54) is 0 Å². The van der Waals surface area contributed by atoms with Crippen LogP contribution in [-0.2, 0) is 11.3 Å². The van der Waals surface area contributed by atoms with Gasteiger partial charge in [-0.1, -0.05) is 0 Å². The highest BCUT2D eigenvalue weighted by Gasteiger charge is 2.29. The summed E-state index contributed by atoms with van der Waals surface area (Å²) >= 11 is 0. The SMILES string of the molecule is Cc1nc(-c2cn3c(n2)-c2ccc(OC(C)C4CCCN(C(=O)OC(C)(C)C)CC4)cc2OCC3)n(C(C)C)n1. The molecule has 3 aromatic rings. The van der Waals surface area contributed by atoms with Crippen molar-refractivity contribution in [2.45, 2.75) is 92.0 Å². The highest BCUT2D eigenvalue weighted by Crippen LogP contribution is 2.37. The largest absolute Gasteiger partial charge is 0.491 e. The zero-order valence-electron chi connectivity index (χ0n) is 24.8. The van der Waals surface area contributed by atoms with Gasteiger partial charge in [0.15, 0.2) is 5.82 Å². The molecule has 216 valence electrons. The summed E-state index contributed by atoms with van der Waals surface area (Å²) in [5, 5.41) is 4.56. The van der Waals surface area contributed by atoms with Crippen LogP contribution in [0.3, 0.4) is 0 Å². The Morgan fingerprint density at radius 2 is 1.88 bits per heavy atom. The average molecular weight is 551 g/mol. The summed E-state index contributed by atoms with van der Waals surface area (Å²) in [5.74, 6) is 4.24. The Bertz CT molecular complexity index is 1350. The first kappa shape index (κ1) is 28.0. The molecule has 0 N–H and O–H groups in total. The lowest BCUT2D eigenvalue weighted by molar-refractivity contribution is 0.0251. The Balaban J connectivity index is 1.29. The lowest BCUT2D eigenvalue weighted by Gasteiger charge is -2.27. The quantitative estimate of drug-likeness (QED) is 0.390. The lowest BCUT2D eigenvalue weighted by Crippen LogP contribution is -2.37. The van der Waals surface area contributed by atoms with Crippen LogP contribution in [-0.4, -0.2) is 66.7 Å². The first-order valence-electron chi connectivity index (χ1n) is 14.4. The summed E-state index contributed by atoms with van der Waals surface area (Å²) in [6, 6.07) is 6.18. The average Bonchev–Trinajstić information content (AvgIpc) is 3.31. The summed E-state index contributed by atoms with van der Waals surface area (Å²) in [6.45, 7) is 16.5. The number of hydrogen-bond donors (Lipinski definition) is 0. The number of nitrogens with zero attached hydrogens (tertiary/aromatic N) is 6. The zero-order chi connectivity index (χ0) is 28.6. The Labute approximate surface area is 236 Å². The van der Waals surface area contributed by atoms with E-state index in [0.717, 1.165) is 59.5 Å². The monoisotopic (exact) mass is 550 g/mol. The van der Waals surface area contributed by atoms with Crippen LogP contribution >= 0.6 is 0 Å². The summed E-state index contributed by atoms with van der Waals surface area (Å²) < 4.78 is 22.2. The Morgan fingerprint density at radius 1 is 1.07 bits per heavy atom. The van der Waals surface area contributed by atoms with E-state index in [9.17, 15) is 4.79 Å². The molecule has 5 rings (SSSR count). The van der Waals surface area contributed by atoms with Crippen molar-refractivity contribution in [3.8, 4) is 34.4 Å². The van der Waals surface area contributed by atoms with Gasteiger partial charge in [0.1, 0.15) is 41.0 Å². The van der Waals surface area contributed by atoms with Gasteiger partial charge >= 0.3 is 6.09 Å². The fourth-order valence-electron chi connectivity index (χ4n) is 5.42. The third kappa shape index (κ3) is 6.10. The lowest BCUT2D eigenvalue weighted by atomic mass is 9.95. The van der Waals surface area contributed by atoms with E-state index in [1.807, 2.05) is 61.7 Å². The summed E-state index contributed by atoms with van der Waals surface area (Å²) in [6.07, 6.45) is 4.62. The number of carbonyl (C=O) groups excluding carboxylic acids is 1. The number of imidazole rings is 1. The molecule has 0 saturated carbocycles. The van der Waals surface area contributed by atoms with Crippen molar-refractivity contribution < 1.29 is 19.0 Å². The minimum absolute atomic E-state index is 0.00152. The maximum Gasteiger partial charge on any atom is 0.410 e. The van der Waals surface area contributed by atoms with Gasteiger partial charge in [0, 0.05) is 31.4 Å². The van der Waals surface area contributed by atoms with Gasteiger partial charge < -0.3 is 23.7 Å². The van der Waals surface area contributed by atoms with Crippen LogP contribution in [0.15, 0.2) is 24.4 Å². The van der Waals surface area contributed by atoms with Gasteiger partial charge in [0.2, 0.25) is 0 Å². The Kier molecular flexibility index (Phi) is 7.79. The molecule has 0 bridgehead atoms. The second-order valence-electron chi connectivity index (χ2n) is 12.2. The maximum absolute atomic E-state index is 12.6. The van der Waals surface area contributed by atoms with Gasteiger partial charge in [-0.3, -0.25) is 0 Å². The normalized spacial score (nSPS) is 18.3. The Hall–Kier alpha value is -3.56. The first-order chi connectivity index (χ1) is 19.0. The molecule has 1 saturated heterocycles. The zero-order valence-corrected chi connectivity index (χ0v) is 24.8. The molecule has 2 aliphatic heterocycles. The number of amides is 1. The predicted octanol–water partition coefficient (Wildman–Crippen LogP) is 5.89. The van der Waals surface area contributed by atoms with Crippen molar-refractivity contribution in [2.75, 3.05) is 19.7 Å². The van der Waals surface area contributed by atoms with E-state index in [-0.39, 0.29) is 18.2 Å². The highest BCUT2D eigenvalue weighted by molar-refractivity contribution is 5.69. The molecule has 2 aliphatic rings. The molecule has 2 atom stereocenters. The van der Waals surface area contributed by atoms with Gasteiger partial charge in [0.25, 0.3) is 0 Å². The van der Waals surface area contributed by atoms with E-state index >= 15 is 0 Å².